The Morgan fingerprint density at radius 3 is 2.30 bits per heavy atom. The van der Waals surface area contributed by atoms with Crippen LogP contribution in [0.5, 0.6) is 0 Å². The molecule has 3 atom stereocenters. The fourth-order valence-corrected chi connectivity index (χ4v) is 2.30. The number of carboxylic acids is 1. The Bertz CT molecular complexity index is 753. The number of nitrogens with zero attached hydrogens (tertiary/aromatic N) is 1. The largest absolute Gasteiger partial charge is 0.480 e. The van der Waals surface area contributed by atoms with E-state index in [1.54, 1.807) is 0 Å². The first-order valence-electron chi connectivity index (χ1n) is 8.86. The number of aromatic amines is 1. The molecule has 0 aliphatic heterocycles. The van der Waals surface area contributed by atoms with Crippen molar-refractivity contribution in [3.8, 4) is 0 Å². The number of hydrogen-bond donors (Lipinski definition) is 8. The van der Waals surface area contributed by atoms with Crippen LogP contribution in [0.1, 0.15) is 18.5 Å². The number of imidazole rings is 1. The lowest BCUT2D eigenvalue weighted by Crippen LogP contribution is -2.57. The maximum Gasteiger partial charge on any atom is 0.322 e. The van der Waals surface area contributed by atoms with Gasteiger partial charge in [-0.15, -0.1) is 0 Å². The Kier molecular flexibility index (Phi) is 9.91. The molecule has 3 unspecified atom stereocenters. The van der Waals surface area contributed by atoms with Crippen molar-refractivity contribution in [1.29, 1.82) is 0 Å². The van der Waals surface area contributed by atoms with E-state index in [9.17, 15) is 24.0 Å². The average molecular weight is 427 g/mol. The highest BCUT2D eigenvalue weighted by molar-refractivity contribution is 5.94. The number of aromatic nitrogens is 2. The Morgan fingerprint density at radius 1 is 1.10 bits per heavy atom. The average Bonchev–Trinajstić information content (AvgIpc) is 3.20. The van der Waals surface area contributed by atoms with Crippen molar-refractivity contribution in [1.82, 2.24) is 25.9 Å². The number of rotatable bonds is 13. The molecule has 0 aromatic carbocycles. The molecule has 10 N–H and O–H groups in total. The highest BCUT2D eigenvalue weighted by Gasteiger charge is 2.28. The van der Waals surface area contributed by atoms with Crippen LogP contribution in [0.15, 0.2) is 12.5 Å². The van der Waals surface area contributed by atoms with Crippen LogP contribution in [0.3, 0.4) is 0 Å². The summed E-state index contributed by atoms with van der Waals surface area (Å²) in [6.45, 7) is -1.34. The normalized spacial score (nSPS) is 13.5. The third-order valence-electron chi connectivity index (χ3n) is 3.87. The van der Waals surface area contributed by atoms with Crippen molar-refractivity contribution in [3.05, 3.63) is 18.2 Å². The summed E-state index contributed by atoms with van der Waals surface area (Å²) in [5.74, 6) is -4.46. The smallest absolute Gasteiger partial charge is 0.322 e. The van der Waals surface area contributed by atoms with Crippen LogP contribution in [0.2, 0.25) is 0 Å². The number of aliphatic hydroxyl groups excluding tert-OH is 1. The molecule has 14 nitrogen and oxygen atoms in total. The molecule has 0 saturated heterocycles. The zero-order valence-electron chi connectivity index (χ0n) is 16.0. The second kappa shape index (κ2) is 12.1. The van der Waals surface area contributed by atoms with E-state index in [2.05, 4.69) is 25.9 Å². The summed E-state index contributed by atoms with van der Waals surface area (Å²) in [6.07, 6.45) is 2.29. The van der Waals surface area contributed by atoms with Crippen molar-refractivity contribution in [2.24, 2.45) is 11.5 Å². The van der Waals surface area contributed by atoms with Gasteiger partial charge in [0.05, 0.1) is 12.9 Å². The molecule has 1 rings (SSSR count). The zero-order valence-corrected chi connectivity index (χ0v) is 16.0. The summed E-state index contributed by atoms with van der Waals surface area (Å²) in [5, 5.41) is 24.5. The van der Waals surface area contributed by atoms with Gasteiger partial charge in [0.25, 0.3) is 0 Å². The van der Waals surface area contributed by atoms with Gasteiger partial charge >= 0.3 is 5.97 Å². The van der Waals surface area contributed by atoms with Gasteiger partial charge in [-0.3, -0.25) is 24.0 Å². The van der Waals surface area contributed by atoms with Crippen molar-refractivity contribution in [2.75, 3.05) is 13.2 Å². The van der Waals surface area contributed by atoms with Crippen LogP contribution in [0.4, 0.5) is 0 Å². The van der Waals surface area contributed by atoms with Gasteiger partial charge in [-0.05, 0) is 6.42 Å². The third kappa shape index (κ3) is 8.66. The summed E-state index contributed by atoms with van der Waals surface area (Å²) in [6, 6.07) is -3.79. The monoisotopic (exact) mass is 427 g/mol. The SMILES string of the molecule is NC(=O)CCC(NC(=O)C(N)CO)C(=O)NC(Cc1cnc[nH]1)C(=O)NCC(=O)O. The number of carbonyl (C=O) groups excluding carboxylic acids is 4. The molecule has 1 aromatic heterocycles. The van der Waals surface area contributed by atoms with Crippen LogP contribution in [0.25, 0.3) is 0 Å². The predicted molar refractivity (Wildman–Crippen MR) is 100 cm³/mol. The Balaban J connectivity index is 2.94. The van der Waals surface area contributed by atoms with E-state index < -0.39 is 60.9 Å². The van der Waals surface area contributed by atoms with E-state index >= 15 is 0 Å². The van der Waals surface area contributed by atoms with Gasteiger partial charge in [0.15, 0.2) is 0 Å². The maximum atomic E-state index is 12.7. The molecule has 30 heavy (non-hydrogen) atoms. The number of aliphatic carboxylic acids is 1. The zero-order chi connectivity index (χ0) is 22.7. The minimum Gasteiger partial charge on any atom is -0.480 e. The van der Waals surface area contributed by atoms with Gasteiger partial charge in [-0.1, -0.05) is 0 Å². The number of carboxylic acid groups (broad SMARTS) is 1. The Hall–Kier alpha value is -3.52. The fourth-order valence-electron chi connectivity index (χ4n) is 2.30. The summed E-state index contributed by atoms with van der Waals surface area (Å²) in [5.41, 5.74) is 11.0. The first-order chi connectivity index (χ1) is 14.1. The molecule has 0 aliphatic carbocycles. The number of carbonyl (C=O) groups is 5. The maximum absolute atomic E-state index is 12.7. The van der Waals surface area contributed by atoms with Crippen molar-refractivity contribution in [3.63, 3.8) is 0 Å². The third-order valence-corrected chi connectivity index (χ3v) is 3.87. The van der Waals surface area contributed by atoms with Crippen LogP contribution in [0, 0.1) is 0 Å². The lowest BCUT2D eigenvalue weighted by atomic mass is 10.1. The highest BCUT2D eigenvalue weighted by atomic mass is 16.4. The quantitative estimate of drug-likeness (QED) is 0.151. The lowest BCUT2D eigenvalue weighted by Gasteiger charge is -2.23. The molecular weight excluding hydrogens is 402 g/mol. The molecule has 0 bridgehead atoms. The number of primary amides is 1. The van der Waals surface area contributed by atoms with Crippen LogP contribution < -0.4 is 27.4 Å². The van der Waals surface area contributed by atoms with E-state index in [1.165, 1.54) is 12.5 Å². The second-order valence-electron chi connectivity index (χ2n) is 6.31. The second-order valence-corrected chi connectivity index (χ2v) is 6.31. The molecule has 14 heteroatoms. The fraction of sp³-hybridized carbons (Fsp3) is 0.500. The van der Waals surface area contributed by atoms with Crippen LogP contribution in [-0.4, -0.2) is 81.1 Å². The minimum absolute atomic E-state index is 0.0518. The van der Waals surface area contributed by atoms with Crippen LogP contribution >= 0.6 is 0 Å². The molecule has 4 amide bonds. The molecule has 0 saturated carbocycles. The van der Waals surface area contributed by atoms with Gasteiger partial charge < -0.3 is 42.6 Å². The van der Waals surface area contributed by atoms with Crippen molar-refractivity contribution < 1.29 is 34.2 Å². The molecule has 0 aliphatic rings. The van der Waals surface area contributed by atoms with Gasteiger partial charge in [0, 0.05) is 24.7 Å². The Morgan fingerprint density at radius 2 is 1.77 bits per heavy atom. The molecule has 0 radical (unpaired) electrons. The standard InChI is InChI=1S/C16H25N7O7/c17-9(6-24)14(28)22-10(1-2-12(18)25)16(30)23-11(3-8-4-19-7-21-8)15(29)20-5-13(26)27/h4,7,9-11,24H,1-3,5-6,17H2,(H2,18,25)(H,19,21)(H,20,29)(H,22,28)(H,23,30)(H,26,27). The summed E-state index contributed by atoms with van der Waals surface area (Å²) in [7, 11) is 0. The van der Waals surface area contributed by atoms with Crippen molar-refractivity contribution in [2.45, 2.75) is 37.4 Å². The van der Waals surface area contributed by atoms with E-state index in [-0.39, 0.29) is 19.3 Å². The molecule has 0 fully saturated rings. The summed E-state index contributed by atoms with van der Waals surface area (Å²) >= 11 is 0. The number of H-pyrrole nitrogens is 1. The van der Waals surface area contributed by atoms with Gasteiger partial charge in [-0.2, -0.15) is 0 Å². The lowest BCUT2D eigenvalue weighted by molar-refractivity contribution is -0.138. The first kappa shape index (κ1) is 24.5. The van der Waals surface area contributed by atoms with E-state index in [4.69, 9.17) is 21.7 Å². The number of amides is 4. The first-order valence-corrected chi connectivity index (χ1v) is 8.86. The molecule has 1 aromatic rings. The number of aliphatic hydroxyl groups is 1. The van der Waals surface area contributed by atoms with Gasteiger partial charge in [0.1, 0.15) is 24.7 Å². The Labute approximate surface area is 170 Å². The number of nitrogens with one attached hydrogen (secondary N) is 4. The van der Waals surface area contributed by atoms with E-state index in [0.717, 1.165) is 0 Å². The molecule has 1 heterocycles. The molecule has 166 valence electrons. The van der Waals surface area contributed by atoms with Crippen molar-refractivity contribution >= 4 is 29.6 Å². The van der Waals surface area contributed by atoms with Gasteiger partial charge in [0.2, 0.25) is 23.6 Å². The van der Waals surface area contributed by atoms with E-state index in [1.807, 2.05) is 0 Å². The van der Waals surface area contributed by atoms with E-state index in [0.29, 0.717) is 5.69 Å². The highest BCUT2D eigenvalue weighted by Crippen LogP contribution is 2.03. The molecular formula is C16H25N7O7. The number of hydrogen-bond acceptors (Lipinski definition) is 8. The summed E-state index contributed by atoms with van der Waals surface area (Å²) < 4.78 is 0. The minimum atomic E-state index is -1.30. The van der Waals surface area contributed by atoms with Gasteiger partial charge in [-0.25, -0.2) is 4.98 Å². The summed E-state index contributed by atoms with van der Waals surface area (Å²) in [4.78, 5) is 65.3. The number of nitrogens with two attached hydrogens (primary N) is 2. The molecule has 0 spiro atoms. The topological polar surface area (TPSA) is 243 Å². The predicted octanol–water partition coefficient (Wildman–Crippen LogP) is -4.29. The van der Waals surface area contributed by atoms with Crippen LogP contribution in [-0.2, 0) is 30.4 Å².